The van der Waals surface area contributed by atoms with Crippen molar-refractivity contribution in [3.63, 3.8) is 0 Å². The van der Waals surface area contributed by atoms with Gasteiger partial charge in [0.05, 0.1) is 0 Å². The molecular formula is C30H41N5O8S2. The fraction of sp³-hybridized carbons (Fsp3) is 0.533. The highest BCUT2D eigenvalue weighted by molar-refractivity contribution is 8.77. The van der Waals surface area contributed by atoms with E-state index in [-0.39, 0.29) is 23.5 Å². The summed E-state index contributed by atoms with van der Waals surface area (Å²) in [5.74, 6) is -4.05. The standard InChI is InChI=1S/C30H41N5O8S2/c1-17(28(40)41)32-25(37)15-43-29(42)24-11-8-12-35(24)27(39)23(16-44-45-30(3,4)5)34-26(38)22(33-18(2)36)13-19-14-31-21-10-7-6-9-20(19)21/h6-7,9-10,14,17,22-24,31H,8,11-13,15-16H2,1-5H3,(H,32,37)(H,33,36)(H,34,38)(H,40,41)/t17?,22?,23?,24-/m0/s1. The molecule has 45 heavy (non-hydrogen) atoms. The van der Waals surface area contributed by atoms with Crippen molar-refractivity contribution in [2.45, 2.75) is 82.8 Å². The number of carbonyl (C=O) groups is 6. The highest BCUT2D eigenvalue weighted by Crippen LogP contribution is 2.35. The molecule has 1 aromatic heterocycles. The summed E-state index contributed by atoms with van der Waals surface area (Å²) in [6.07, 6.45) is 2.78. The van der Waals surface area contributed by atoms with Crippen molar-refractivity contribution in [2.24, 2.45) is 0 Å². The number of carboxylic acids is 1. The van der Waals surface area contributed by atoms with Crippen LogP contribution in [0.4, 0.5) is 0 Å². The molecule has 0 bridgehead atoms. The number of rotatable bonds is 14. The lowest BCUT2D eigenvalue weighted by molar-refractivity contribution is -0.157. The van der Waals surface area contributed by atoms with Crippen LogP contribution in [0, 0.1) is 0 Å². The van der Waals surface area contributed by atoms with Gasteiger partial charge in [0.2, 0.25) is 17.7 Å². The molecule has 4 atom stereocenters. The molecule has 0 radical (unpaired) electrons. The van der Waals surface area contributed by atoms with Crippen LogP contribution in [0.1, 0.15) is 53.0 Å². The Morgan fingerprint density at radius 3 is 2.47 bits per heavy atom. The summed E-state index contributed by atoms with van der Waals surface area (Å²) < 4.78 is 5.00. The third-order valence-electron chi connectivity index (χ3n) is 6.85. The van der Waals surface area contributed by atoms with Gasteiger partial charge >= 0.3 is 11.9 Å². The summed E-state index contributed by atoms with van der Waals surface area (Å²) in [6, 6.07) is 3.47. The Morgan fingerprint density at radius 2 is 1.80 bits per heavy atom. The van der Waals surface area contributed by atoms with Crippen molar-refractivity contribution in [3.05, 3.63) is 36.0 Å². The molecule has 4 amide bonds. The van der Waals surface area contributed by atoms with Gasteiger partial charge in [0.25, 0.3) is 5.91 Å². The Morgan fingerprint density at radius 1 is 1.09 bits per heavy atom. The number of aromatic amines is 1. The van der Waals surface area contributed by atoms with Crippen LogP contribution in [0.15, 0.2) is 30.5 Å². The lowest BCUT2D eigenvalue weighted by Gasteiger charge is -2.29. The fourth-order valence-corrected chi connectivity index (χ4v) is 7.21. The van der Waals surface area contributed by atoms with Gasteiger partial charge in [0.1, 0.15) is 24.2 Å². The molecule has 1 saturated heterocycles. The minimum absolute atomic E-state index is 0.130. The molecule has 2 aromatic rings. The molecule has 1 aromatic carbocycles. The van der Waals surface area contributed by atoms with E-state index in [0.29, 0.717) is 12.8 Å². The van der Waals surface area contributed by atoms with Crippen molar-refractivity contribution >= 4 is 68.1 Å². The Kier molecular flexibility index (Phi) is 12.7. The van der Waals surface area contributed by atoms with Gasteiger partial charge in [0, 0.05) is 47.5 Å². The van der Waals surface area contributed by atoms with Gasteiger partial charge in [-0.1, -0.05) is 60.6 Å². The number of carboxylic acid groups (broad SMARTS) is 1. The first-order valence-corrected chi connectivity index (χ1v) is 16.9. The maximum absolute atomic E-state index is 13.9. The lowest BCUT2D eigenvalue weighted by atomic mass is 10.0. The van der Waals surface area contributed by atoms with Crippen molar-refractivity contribution < 1.29 is 38.6 Å². The number of benzene rings is 1. The quantitative estimate of drug-likeness (QED) is 0.148. The number of aliphatic carboxylic acids is 1. The zero-order valence-electron chi connectivity index (χ0n) is 26.0. The Bertz CT molecular complexity index is 1410. The minimum atomic E-state index is -1.24. The number of aromatic nitrogens is 1. The summed E-state index contributed by atoms with van der Waals surface area (Å²) >= 11 is 0. The number of likely N-dealkylation sites (tertiary alicyclic amines) is 1. The van der Waals surface area contributed by atoms with Gasteiger partial charge in [-0.2, -0.15) is 0 Å². The first-order chi connectivity index (χ1) is 21.2. The Balaban J connectivity index is 1.75. The largest absolute Gasteiger partial charge is 0.480 e. The van der Waals surface area contributed by atoms with Crippen LogP contribution in [-0.4, -0.2) is 98.4 Å². The van der Waals surface area contributed by atoms with Crippen LogP contribution in [0.25, 0.3) is 10.9 Å². The number of hydrogen-bond donors (Lipinski definition) is 5. The number of carbonyl (C=O) groups excluding carboxylic acids is 5. The van der Waals surface area contributed by atoms with E-state index < -0.39 is 66.3 Å². The molecule has 246 valence electrons. The minimum Gasteiger partial charge on any atom is -0.480 e. The highest BCUT2D eigenvalue weighted by Gasteiger charge is 2.39. The zero-order chi connectivity index (χ0) is 33.3. The van der Waals surface area contributed by atoms with Crippen LogP contribution >= 0.6 is 21.6 Å². The summed E-state index contributed by atoms with van der Waals surface area (Å²) in [6.45, 7) is 8.21. The number of para-hydroxylation sites is 1. The van der Waals surface area contributed by atoms with Crippen LogP contribution in [0.3, 0.4) is 0 Å². The van der Waals surface area contributed by atoms with Crippen molar-refractivity contribution in [1.82, 2.24) is 25.8 Å². The molecule has 1 fully saturated rings. The summed E-state index contributed by atoms with van der Waals surface area (Å²) in [5, 5.41) is 17.6. The third kappa shape index (κ3) is 10.7. The second-order valence-corrected chi connectivity index (χ2v) is 15.0. The first kappa shape index (κ1) is 35.8. The number of H-pyrrole nitrogens is 1. The summed E-state index contributed by atoms with van der Waals surface area (Å²) in [7, 11) is 2.95. The van der Waals surface area contributed by atoms with Crippen LogP contribution in [0.5, 0.6) is 0 Å². The van der Waals surface area contributed by atoms with E-state index in [4.69, 9.17) is 9.84 Å². The van der Waals surface area contributed by atoms with E-state index in [0.717, 1.165) is 16.5 Å². The molecule has 2 heterocycles. The molecule has 1 aliphatic rings. The molecular weight excluding hydrogens is 622 g/mol. The number of hydrogen-bond acceptors (Lipinski definition) is 9. The average Bonchev–Trinajstić information content (AvgIpc) is 3.61. The molecule has 3 unspecified atom stereocenters. The van der Waals surface area contributed by atoms with Crippen molar-refractivity contribution in [1.29, 1.82) is 0 Å². The predicted octanol–water partition coefficient (Wildman–Crippen LogP) is 2.00. The van der Waals surface area contributed by atoms with Gasteiger partial charge in [-0.25, -0.2) is 4.79 Å². The van der Waals surface area contributed by atoms with E-state index in [9.17, 15) is 28.8 Å². The van der Waals surface area contributed by atoms with Crippen LogP contribution in [0.2, 0.25) is 0 Å². The normalized spacial score (nSPS) is 16.8. The maximum Gasteiger partial charge on any atom is 0.329 e. The third-order valence-corrected chi connectivity index (χ3v) is 10.2. The second-order valence-electron chi connectivity index (χ2n) is 11.8. The molecule has 13 nitrogen and oxygen atoms in total. The van der Waals surface area contributed by atoms with E-state index >= 15 is 0 Å². The van der Waals surface area contributed by atoms with Gasteiger partial charge in [-0.05, 0) is 31.4 Å². The molecule has 5 N–H and O–H groups in total. The summed E-state index contributed by atoms with van der Waals surface area (Å²) in [5.41, 5.74) is 1.71. The number of nitrogens with zero attached hydrogens (tertiary/aromatic N) is 1. The maximum atomic E-state index is 13.9. The van der Waals surface area contributed by atoms with Crippen LogP contribution in [-0.2, 0) is 39.9 Å². The monoisotopic (exact) mass is 663 g/mol. The molecule has 3 rings (SSSR count). The number of amides is 4. The Labute approximate surface area is 269 Å². The topological polar surface area (TPSA) is 187 Å². The number of ether oxygens (including phenoxy) is 1. The molecule has 1 aliphatic heterocycles. The van der Waals surface area contributed by atoms with Gasteiger partial charge in [-0.3, -0.25) is 24.0 Å². The SMILES string of the molecule is CC(=O)NC(Cc1c[nH]c2ccccc12)C(=O)NC(CSSC(C)(C)C)C(=O)N1CCC[C@H]1C(=O)OCC(=O)NC(C)C(=O)O. The zero-order valence-corrected chi connectivity index (χ0v) is 27.6. The van der Waals surface area contributed by atoms with E-state index in [1.165, 1.54) is 29.5 Å². The molecule has 0 spiro atoms. The Hall–Kier alpha value is -3.72. The van der Waals surface area contributed by atoms with Gasteiger partial charge in [0.15, 0.2) is 6.61 Å². The van der Waals surface area contributed by atoms with E-state index in [1.807, 2.05) is 45.0 Å². The predicted molar refractivity (Wildman–Crippen MR) is 172 cm³/mol. The van der Waals surface area contributed by atoms with E-state index in [1.54, 1.807) is 17.0 Å². The fourth-order valence-electron chi connectivity index (χ4n) is 4.75. The lowest BCUT2D eigenvalue weighted by Crippen LogP contribution is -2.57. The first-order valence-electron chi connectivity index (χ1n) is 14.6. The number of fused-ring (bicyclic) bond motifs is 1. The second kappa shape index (κ2) is 16.0. The smallest absolute Gasteiger partial charge is 0.329 e. The summed E-state index contributed by atoms with van der Waals surface area (Å²) in [4.78, 5) is 80.1. The van der Waals surface area contributed by atoms with Crippen molar-refractivity contribution in [3.8, 4) is 0 Å². The molecule has 15 heteroatoms. The van der Waals surface area contributed by atoms with Crippen LogP contribution < -0.4 is 16.0 Å². The number of nitrogens with one attached hydrogen (secondary N) is 4. The van der Waals surface area contributed by atoms with Crippen molar-refractivity contribution in [2.75, 3.05) is 18.9 Å². The number of esters is 1. The molecule has 0 aliphatic carbocycles. The molecule has 0 saturated carbocycles. The van der Waals surface area contributed by atoms with E-state index in [2.05, 4.69) is 20.9 Å². The van der Waals surface area contributed by atoms with Gasteiger partial charge in [-0.15, -0.1) is 0 Å². The average molecular weight is 664 g/mol. The highest BCUT2D eigenvalue weighted by atomic mass is 33.1. The van der Waals surface area contributed by atoms with Gasteiger partial charge < -0.3 is 35.7 Å².